The second-order valence-electron chi connectivity index (χ2n) is 6.19. The van der Waals surface area contributed by atoms with Crippen molar-refractivity contribution in [2.45, 2.75) is 27.7 Å². The van der Waals surface area contributed by atoms with E-state index in [0.717, 1.165) is 21.0 Å². The molecular formula is C22H19F2NOS2. The van der Waals surface area contributed by atoms with Crippen LogP contribution in [0, 0.1) is 18.6 Å². The van der Waals surface area contributed by atoms with Gasteiger partial charge in [0.05, 0.1) is 4.58 Å². The standard InChI is InChI=1S/C22H19F2NOS2/c1-15-2-8-18(9-3-15)25-21(26)14-22(27-19-10-4-16(23)5-11-19)28-20-12-6-17(24)7-13-20/h2-13,22H,14H2,1H3,(H,25,26). The van der Waals surface area contributed by atoms with Crippen LogP contribution in [0.5, 0.6) is 0 Å². The van der Waals surface area contributed by atoms with Crippen LogP contribution in [0.3, 0.4) is 0 Å². The average Bonchev–Trinajstić information content (AvgIpc) is 2.67. The molecule has 3 aromatic carbocycles. The third-order valence-electron chi connectivity index (χ3n) is 3.85. The van der Waals surface area contributed by atoms with Crippen LogP contribution in [-0.4, -0.2) is 10.5 Å². The number of carbonyl (C=O) groups is 1. The van der Waals surface area contributed by atoms with E-state index in [1.54, 1.807) is 24.3 Å². The van der Waals surface area contributed by atoms with Crippen LogP contribution in [0.25, 0.3) is 0 Å². The summed E-state index contributed by atoms with van der Waals surface area (Å²) in [6.45, 7) is 1.99. The van der Waals surface area contributed by atoms with Gasteiger partial charge in [0.15, 0.2) is 0 Å². The highest BCUT2D eigenvalue weighted by molar-refractivity contribution is 8.17. The highest BCUT2D eigenvalue weighted by Crippen LogP contribution is 2.37. The molecule has 1 N–H and O–H groups in total. The second kappa shape index (κ2) is 9.75. The summed E-state index contributed by atoms with van der Waals surface area (Å²) in [6, 6.07) is 20.0. The lowest BCUT2D eigenvalue weighted by molar-refractivity contribution is -0.115. The summed E-state index contributed by atoms with van der Waals surface area (Å²) < 4.78 is 26.2. The molecule has 1 amide bonds. The van der Waals surface area contributed by atoms with Crippen LogP contribution in [0.15, 0.2) is 82.6 Å². The second-order valence-corrected chi connectivity index (χ2v) is 9.04. The third-order valence-corrected chi connectivity index (χ3v) is 6.37. The summed E-state index contributed by atoms with van der Waals surface area (Å²) in [5.41, 5.74) is 1.86. The van der Waals surface area contributed by atoms with E-state index in [-0.39, 0.29) is 28.5 Å². The molecule has 0 aliphatic carbocycles. The zero-order valence-electron chi connectivity index (χ0n) is 15.2. The number of amides is 1. The summed E-state index contributed by atoms with van der Waals surface area (Å²) in [5, 5.41) is 2.90. The molecule has 0 heterocycles. The van der Waals surface area contributed by atoms with Crippen molar-refractivity contribution in [1.29, 1.82) is 0 Å². The minimum Gasteiger partial charge on any atom is -0.326 e. The van der Waals surface area contributed by atoms with Crippen molar-refractivity contribution in [3.8, 4) is 0 Å². The first-order valence-electron chi connectivity index (χ1n) is 8.69. The van der Waals surface area contributed by atoms with Gasteiger partial charge in [-0.25, -0.2) is 8.78 Å². The van der Waals surface area contributed by atoms with Gasteiger partial charge in [0.2, 0.25) is 5.91 Å². The monoisotopic (exact) mass is 415 g/mol. The summed E-state index contributed by atoms with van der Waals surface area (Å²) in [4.78, 5) is 14.3. The Morgan fingerprint density at radius 1 is 0.821 bits per heavy atom. The molecule has 3 aromatic rings. The highest BCUT2D eigenvalue weighted by Gasteiger charge is 2.17. The van der Waals surface area contributed by atoms with Gasteiger partial charge in [-0.2, -0.15) is 0 Å². The molecule has 0 spiro atoms. The molecule has 0 aromatic heterocycles. The fourth-order valence-electron chi connectivity index (χ4n) is 2.44. The minimum atomic E-state index is -0.302. The Hall–Kier alpha value is -2.31. The quantitative estimate of drug-likeness (QED) is 0.352. The van der Waals surface area contributed by atoms with Crippen LogP contribution in [0.4, 0.5) is 14.5 Å². The molecule has 3 rings (SSSR count). The van der Waals surface area contributed by atoms with E-state index in [2.05, 4.69) is 5.32 Å². The highest BCUT2D eigenvalue weighted by atomic mass is 32.2. The molecule has 6 heteroatoms. The normalized spacial score (nSPS) is 10.9. The number of hydrogen-bond donors (Lipinski definition) is 1. The van der Waals surface area contributed by atoms with Crippen LogP contribution in [0.2, 0.25) is 0 Å². The van der Waals surface area contributed by atoms with Gasteiger partial charge in [0.1, 0.15) is 11.6 Å². The lowest BCUT2D eigenvalue weighted by Gasteiger charge is -2.16. The van der Waals surface area contributed by atoms with Crippen LogP contribution in [-0.2, 0) is 4.79 Å². The van der Waals surface area contributed by atoms with Gasteiger partial charge < -0.3 is 5.32 Å². The van der Waals surface area contributed by atoms with Crippen LogP contribution >= 0.6 is 23.5 Å². The fraction of sp³-hybridized carbons (Fsp3) is 0.136. The van der Waals surface area contributed by atoms with Crippen molar-refractivity contribution >= 4 is 35.1 Å². The first-order valence-corrected chi connectivity index (χ1v) is 10.4. The number of nitrogens with one attached hydrogen (secondary N) is 1. The summed E-state index contributed by atoms with van der Waals surface area (Å²) in [5.74, 6) is -0.716. The maximum atomic E-state index is 13.2. The number of benzene rings is 3. The number of aryl methyl sites for hydroxylation is 1. The number of hydrogen-bond acceptors (Lipinski definition) is 3. The van der Waals surface area contributed by atoms with Crippen LogP contribution < -0.4 is 5.32 Å². The van der Waals surface area contributed by atoms with E-state index in [1.165, 1.54) is 47.8 Å². The van der Waals surface area contributed by atoms with Crippen molar-refractivity contribution in [3.63, 3.8) is 0 Å². The summed E-state index contributed by atoms with van der Waals surface area (Å²) in [6.07, 6.45) is 0.248. The van der Waals surface area contributed by atoms with Gasteiger partial charge >= 0.3 is 0 Å². The largest absolute Gasteiger partial charge is 0.326 e. The number of halogens is 2. The van der Waals surface area contributed by atoms with Gasteiger partial charge in [-0.15, -0.1) is 23.5 Å². The van der Waals surface area contributed by atoms with E-state index < -0.39 is 0 Å². The Bertz CT molecular complexity index is 865. The molecule has 144 valence electrons. The molecule has 0 radical (unpaired) electrons. The smallest absolute Gasteiger partial charge is 0.226 e. The molecule has 0 aliphatic heterocycles. The Balaban J connectivity index is 1.70. The number of thioether (sulfide) groups is 2. The predicted octanol–water partition coefficient (Wildman–Crippen LogP) is 6.51. The molecule has 0 unspecified atom stereocenters. The first kappa shape index (κ1) is 20.4. The lowest BCUT2D eigenvalue weighted by Crippen LogP contribution is -2.16. The summed E-state index contributed by atoms with van der Waals surface area (Å²) in [7, 11) is 0. The number of anilines is 1. The Morgan fingerprint density at radius 2 is 1.29 bits per heavy atom. The minimum absolute atomic E-state index is 0.113. The van der Waals surface area contributed by atoms with Gasteiger partial charge in [0.25, 0.3) is 0 Å². The number of rotatable bonds is 7. The van der Waals surface area contributed by atoms with Gasteiger partial charge in [0, 0.05) is 21.9 Å². The van der Waals surface area contributed by atoms with E-state index in [1.807, 2.05) is 31.2 Å². The topological polar surface area (TPSA) is 29.1 Å². The lowest BCUT2D eigenvalue weighted by atomic mass is 10.2. The molecule has 0 saturated heterocycles. The molecule has 0 atom stereocenters. The molecule has 2 nitrogen and oxygen atoms in total. The first-order chi connectivity index (χ1) is 13.5. The van der Waals surface area contributed by atoms with E-state index in [9.17, 15) is 13.6 Å². The zero-order valence-corrected chi connectivity index (χ0v) is 16.8. The van der Waals surface area contributed by atoms with E-state index in [0.29, 0.717) is 0 Å². The van der Waals surface area contributed by atoms with Crippen molar-refractivity contribution in [2.75, 3.05) is 5.32 Å². The molecule has 0 saturated carbocycles. The molecule has 0 fully saturated rings. The van der Waals surface area contributed by atoms with Crippen LogP contribution in [0.1, 0.15) is 12.0 Å². The van der Waals surface area contributed by atoms with Crippen molar-refractivity contribution in [2.24, 2.45) is 0 Å². The summed E-state index contributed by atoms with van der Waals surface area (Å²) >= 11 is 2.96. The van der Waals surface area contributed by atoms with E-state index >= 15 is 0 Å². The fourth-order valence-corrected chi connectivity index (χ4v) is 4.96. The van der Waals surface area contributed by atoms with Gasteiger partial charge in [-0.3, -0.25) is 4.79 Å². The third kappa shape index (κ3) is 6.39. The maximum absolute atomic E-state index is 13.2. The van der Waals surface area contributed by atoms with Crippen molar-refractivity contribution in [1.82, 2.24) is 0 Å². The molecule has 28 heavy (non-hydrogen) atoms. The van der Waals surface area contributed by atoms with Gasteiger partial charge in [-0.1, -0.05) is 17.7 Å². The average molecular weight is 416 g/mol. The Morgan fingerprint density at radius 3 is 1.75 bits per heavy atom. The van der Waals surface area contributed by atoms with Gasteiger partial charge in [-0.05, 0) is 67.6 Å². The van der Waals surface area contributed by atoms with Crippen molar-refractivity contribution in [3.05, 3.63) is 90.0 Å². The van der Waals surface area contributed by atoms with E-state index in [4.69, 9.17) is 0 Å². The predicted molar refractivity (Wildman–Crippen MR) is 113 cm³/mol. The maximum Gasteiger partial charge on any atom is 0.226 e. The Labute approximate surface area is 171 Å². The SMILES string of the molecule is Cc1ccc(NC(=O)CC(Sc2ccc(F)cc2)Sc2ccc(F)cc2)cc1. The molecule has 0 aliphatic rings. The Kier molecular flexibility index (Phi) is 7.12. The molecular weight excluding hydrogens is 396 g/mol. The zero-order chi connectivity index (χ0) is 19.9. The molecule has 0 bridgehead atoms. The number of carbonyl (C=O) groups excluding carboxylic acids is 1. The van der Waals surface area contributed by atoms with Crippen molar-refractivity contribution < 1.29 is 13.6 Å².